The maximum Gasteiger partial charge on any atom is 0.238 e. The van der Waals surface area contributed by atoms with Gasteiger partial charge in [0.25, 0.3) is 0 Å². The summed E-state index contributed by atoms with van der Waals surface area (Å²) in [4.78, 5) is 4.21. The molecule has 0 saturated heterocycles. The van der Waals surface area contributed by atoms with Crippen LogP contribution in [0.1, 0.15) is 5.56 Å². The minimum absolute atomic E-state index is 0.688. The average Bonchev–Trinajstić information content (AvgIpc) is 2.51. The van der Waals surface area contributed by atoms with Gasteiger partial charge in [0.05, 0.1) is 7.11 Å². The van der Waals surface area contributed by atoms with E-state index in [0.717, 1.165) is 5.52 Å². The zero-order valence-electron chi connectivity index (χ0n) is 8.03. The van der Waals surface area contributed by atoms with E-state index in [-0.39, 0.29) is 0 Å². The van der Waals surface area contributed by atoms with E-state index in [9.17, 15) is 0 Å². The van der Waals surface area contributed by atoms with Crippen LogP contribution in [0.25, 0.3) is 10.9 Å². The highest BCUT2D eigenvalue weighted by Gasteiger charge is 2.07. The molecule has 2 heterocycles. The van der Waals surface area contributed by atoms with Crippen molar-refractivity contribution in [2.75, 3.05) is 7.11 Å². The Morgan fingerprint density at radius 2 is 2.23 bits per heavy atom. The van der Waals surface area contributed by atoms with E-state index in [2.05, 4.69) is 18.0 Å². The normalized spacial score (nSPS) is 10.7. The average molecular weight is 176 g/mol. The summed E-state index contributed by atoms with van der Waals surface area (Å²) in [7, 11) is 3.64. The lowest BCUT2D eigenvalue weighted by Crippen LogP contribution is -1.94. The molecule has 0 atom stereocenters. The van der Waals surface area contributed by atoms with Crippen LogP contribution in [0.2, 0.25) is 0 Å². The largest absolute Gasteiger partial charge is 0.479 e. The Kier molecular flexibility index (Phi) is 1.72. The van der Waals surface area contributed by atoms with Crippen molar-refractivity contribution in [1.29, 1.82) is 0 Å². The van der Waals surface area contributed by atoms with E-state index in [1.165, 1.54) is 10.9 Å². The Bertz CT molecular complexity index is 445. The quantitative estimate of drug-likeness (QED) is 0.663. The van der Waals surface area contributed by atoms with Gasteiger partial charge in [-0.1, -0.05) is 0 Å². The molecule has 0 bridgehead atoms. The van der Waals surface area contributed by atoms with Crippen molar-refractivity contribution in [3.05, 3.63) is 24.0 Å². The van der Waals surface area contributed by atoms with Crippen molar-refractivity contribution < 1.29 is 4.74 Å². The molecule has 3 heteroatoms. The summed E-state index contributed by atoms with van der Waals surface area (Å²) in [6.07, 6.45) is 3.85. The summed E-state index contributed by atoms with van der Waals surface area (Å²) in [5, 5.41) is 1.20. The Hall–Kier alpha value is -1.51. The number of fused-ring (bicyclic) bond motifs is 1. The molecule has 0 unspecified atom stereocenters. The molecular formula is C10H12N2O. The second kappa shape index (κ2) is 2.76. The van der Waals surface area contributed by atoms with Crippen molar-refractivity contribution in [3.63, 3.8) is 0 Å². The standard InChI is InChI=1S/C10H12N2O/c1-7-6-11-10(13-3)9-8(7)4-5-12(9)2/h4-6H,1-3H3. The number of hydrogen-bond donors (Lipinski definition) is 0. The lowest BCUT2D eigenvalue weighted by molar-refractivity contribution is 0.401. The number of aryl methyl sites for hydroxylation is 2. The number of methoxy groups -OCH3 is 1. The van der Waals surface area contributed by atoms with Crippen LogP contribution in [0.15, 0.2) is 18.5 Å². The molecule has 2 aromatic heterocycles. The van der Waals surface area contributed by atoms with Gasteiger partial charge in [-0.25, -0.2) is 4.98 Å². The SMILES string of the molecule is COc1ncc(C)c2ccn(C)c12. The van der Waals surface area contributed by atoms with Gasteiger partial charge in [-0.15, -0.1) is 0 Å². The molecule has 0 spiro atoms. The minimum atomic E-state index is 0.688. The van der Waals surface area contributed by atoms with Crippen LogP contribution in [0, 0.1) is 6.92 Å². The van der Waals surface area contributed by atoms with E-state index >= 15 is 0 Å². The third-order valence-corrected chi connectivity index (χ3v) is 2.27. The van der Waals surface area contributed by atoms with E-state index < -0.39 is 0 Å². The first kappa shape index (κ1) is 8.10. The Balaban J connectivity index is 2.88. The smallest absolute Gasteiger partial charge is 0.238 e. The molecule has 0 N–H and O–H groups in total. The highest BCUT2D eigenvalue weighted by molar-refractivity contribution is 5.87. The van der Waals surface area contributed by atoms with E-state index in [1.807, 2.05) is 24.0 Å². The van der Waals surface area contributed by atoms with Gasteiger partial charge < -0.3 is 9.30 Å². The summed E-state index contributed by atoms with van der Waals surface area (Å²) in [6.45, 7) is 2.05. The van der Waals surface area contributed by atoms with Crippen molar-refractivity contribution in [2.24, 2.45) is 7.05 Å². The highest BCUT2D eigenvalue weighted by Crippen LogP contribution is 2.25. The van der Waals surface area contributed by atoms with Gasteiger partial charge in [-0.05, 0) is 18.6 Å². The monoisotopic (exact) mass is 176 g/mol. The van der Waals surface area contributed by atoms with Crippen molar-refractivity contribution in [1.82, 2.24) is 9.55 Å². The van der Waals surface area contributed by atoms with Crippen molar-refractivity contribution in [2.45, 2.75) is 6.92 Å². The number of rotatable bonds is 1. The second-order valence-corrected chi connectivity index (χ2v) is 3.14. The van der Waals surface area contributed by atoms with Gasteiger partial charge in [0.1, 0.15) is 5.52 Å². The fraction of sp³-hybridized carbons (Fsp3) is 0.300. The van der Waals surface area contributed by atoms with Crippen LogP contribution < -0.4 is 4.74 Å². The first-order chi connectivity index (χ1) is 6.24. The molecule has 0 aliphatic rings. The van der Waals surface area contributed by atoms with Gasteiger partial charge >= 0.3 is 0 Å². The Labute approximate surface area is 77.0 Å². The second-order valence-electron chi connectivity index (χ2n) is 3.14. The lowest BCUT2D eigenvalue weighted by atomic mass is 10.2. The molecule has 0 amide bonds. The number of pyridine rings is 1. The van der Waals surface area contributed by atoms with Gasteiger partial charge in [0.2, 0.25) is 5.88 Å². The number of nitrogens with zero attached hydrogens (tertiary/aromatic N) is 2. The van der Waals surface area contributed by atoms with Crippen LogP contribution in [0.4, 0.5) is 0 Å². The fourth-order valence-electron chi connectivity index (χ4n) is 1.55. The van der Waals surface area contributed by atoms with Crippen LogP contribution in [-0.2, 0) is 7.05 Å². The lowest BCUT2D eigenvalue weighted by Gasteiger charge is -2.04. The molecular weight excluding hydrogens is 164 g/mol. The molecule has 0 aromatic carbocycles. The molecule has 0 fully saturated rings. The third kappa shape index (κ3) is 1.08. The molecule has 68 valence electrons. The molecule has 0 saturated carbocycles. The zero-order chi connectivity index (χ0) is 9.42. The van der Waals surface area contributed by atoms with Crippen LogP contribution in [0.3, 0.4) is 0 Å². The number of aromatic nitrogens is 2. The van der Waals surface area contributed by atoms with Crippen LogP contribution >= 0.6 is 0 Å². The predicted molar refractivity (Wildman–Crippen MR) is 52.0 cm³/mol. The summed E-state index contributed by atoms with van der Waals surface area (Å²) in [5.41, 5.74) is 2.24. The zero-order valence-corrected chi connectivity index (χ0v) is 8.03. The van der Waals surface area contributed by atoms with E-state index in [1.54, 1.807) is 7.11 Å². The third-order valence-electron chi connectivity index (χ3n) is 2.27. The highest BCUT2D eigenvalue weighted by atomic mass is 16.5. The summed E-state index contributed by atoms with van der Waals surface area (Å²) in [5.74, 6) is 0.688. The number of hydrogen-bond acceptors (Lipinski definition) is 2. The minimum Gasteiger partial charge on any atom is -0.479 e. The fourth-order valence-corrected chi connectivity index (χ4v) is 1.55. The molecule has 0 aliphatic carbocycles. The first-order valence-corrected chi connectivity index (χ1v) is 4.18. The van der Waals surface area contributed by atoms with Crippen LogP contribution in [0.5, 0.6) is 5.88 Å². The maximum atomic E-state index is 5.19. The van der Waals surface area contributed by atoms with Crippen molar-refractivity contribution in [3.8, 4) is 5.88 Å². The van der Waals surface area contributed by atoms with Gasteiger partial charge in [-0.3, -0.25) is 0 Å². The molecule has 3 nitrogen and oxygen atoms in total. The summed E-state index contributed by atoms with van der Waals surface area (Å²) < 4.78 is 7.21. The summed E-state index contributed by atoms with van der Waals surface area (Å²) >= 11 is 0. The number of ether oxygens (including phenoxy) is 1. The molecule has 0 aliphatic heterocycles. The summed E-state index contributed by atoms with van der Waals surface area (Å²) in [6, 6.07) is 2.08. The molecule has 0 radical (unpaired) electrons. The molecule has 2 rings (SSSR count). The molecule has 13 heavy (non-hydrogen) atoms. The maximum absolute atomic E-state index is 5.19. The van der Waals surface area contributed by atoms with Crippen LogP contribution in [-0.4, -0.2) is 16.7 Å². The van der Waals surface area contributed by atoms with E-state index in [0.29, 0.717) is 5.88 Å². The van der Waals surface area contributed by atoms with Gasteiger partial charge in [0.15, 0.2) is 0 Å². The Morgan fingerprint density at radius 1 is 1.46 bits per heavy atom. The first-order valence-electron chi connectivity index (χ1n) is 4.18. The van der Waals surface area contributed by atoms with E-state index in [4.69, 9.17) is 4.74 Å². The molecule has 2 aromatic rings. The topological polar surface area (TPSA) is 27.1 Å². The van der Waals surface area contributed by atoms with Crippen molar-refractivity contribution >= 4 is 10.9 Å². The Morgan fingerprint density at radius 3 is 2.92 bits per heavy atom. The predicted octanol–water partition coefficient (Wildman–Crippen LogP) is 1.89. The van der Waals surface area contributed by atoms with Gasteiger partial charge in [0, 0.05) is 24.8 Å². The van der Waals surface area contributed by atoms with Gasteiger partial charge in [-0.2, -0.15) is 0 Å².